The highest BCUT2D eigenvalue weighted by molar-refractivity contribution is 4.76. The van der Waals surface area contributed by atoms with Crippen LogP contribution in [0.25, 0.3) is 0 Å². The second kappa shape index (κ2) is 3.47. The first-order valence-electron chi connectivity index (χ1n) is 3.38. The lowest BCUT2D eigenvalue weighted by atomic mass is 9.98. The summed E-state index contributed by atoms with van der Waals surface area (Å²) in [6, 6.07) is 2.18. The molecule has 0 aromatic carbocycles. The van der Waals surface area contributed by atoms with Crippen LogP contribution in [0, 0.1) is 17.2 Å². The molecule has 1 aliphatic heterocycles. The van der Waals surface area contributed by atoms with Crippen molar-refractivity contribution < 1.29 is 4.74 Å². The van der Waals surface area contributed by atoms with Crippen molar-refractivity contribution >= 4 is 0 Å². The Labute approximate surface area is 55.4 Å². The van der Waals surface area contributed by atoms with Crippen LogP contribution in [0.5, 0.6) is 0 Å². The van der Waals surface area contributed by atoms with E-state index >= 15 is 0 Å². The Balaban J connectivity index is 2.17. The molecular weight excluding hydrogens is 114 g/mol. The Hall–Kier alpha value is -0.550. The van der Waals surface area contributed by atoms with Crippen LogP contribution in [0.1, 0.15) is 19.3 Å². The highest BCUT2D eigenvalue weighted by Gasteiger charge is 2.12. The molecule has 0 atom stereocenters. The van der Waals surface area contributed by atoms with Gasteiger partial charge in [0.25, 0.3) is 0 Å². The molecule has 0 amide bonds. The Morgan fingerprint density at radius 2 is 2.11 bits per heavy atom. The third-order valence-electron chi connectivity index (χ3n) is 1.72. The maximum atomic E-state index is 8.33. The molecule has 1 fully saturated rings. The van der Waals surface area contributed by atoms with E-state index in [1.807, 2.05) is 0 Å². The van der Waals surface area contributed by atoms with Gasteiger partial charge >= 0.3 is 0 Å². The fourth-order valence-corrected chi connectivity index (χ4v) is 1.08. The van der Waals surface area contributed by atoms with E-state index in [0.29, 0.717) is 12.3 Å². The second-order valence-corrected chi connectivity index (χ2v) is 2.42. The summed E-state index contributed by atoms with van der Waals surface area (Å²) in [4.78, 5) is 0. The number of nitrogens with zero attached hydrogens (tertiary/aromatic N) is 1. The third-order valence-corrected chi connectivity index (χ3v) is 1.72. The van der Waals surface area contributed by atoms with Gasteiger partial charge in [0.2, 0.25) is 0 Å². The van der Waals surface area contributed by atoms with Crippen LogP contribution in [0.15, 0.2) is 0 Å². The summed E-state index contributed by atoms with van der Waals surface area (Å²) in [6.07, 6.45) is 2.87. The molecule has 0 unspecified atom stereocenters. The highest BCUT2D eigenvalue weighted by atomic mass is 16.5. The van der Waals surface area contributed by atoms with Gasteiger partial charge in [0.1, 0.15) is 0 Å². The number of ether oxygens (including phenoxy) is 1. The van der Waals surface area contributed by atoms with Gasteiger partial charge < -0.3 is 4.74 Å². The van der Waals surface area contributed by atoms with E-state index in [1.165, 1.54) is 0 Å². The van der Waals surface area contributed by atoms with Crippen molar-refractivity contribution in [2.24, 2.45) is 5.92 Å². The smallest absolute Gasteiger partial charge is 0.0624 e. The normalized spacial score (nSPS) is 21.2. The van der Waals surface area contributed by atoms with Gasteiger partial charge in [-0.05, 0) is 18.8 Å². The molecule has 9 heavy (non-hydrogen) atoms. The first-order valence-corrected chi connectivity index (χ1v) is 3.38. The molecule has 0 aromatic heterocycles. The predicted octanol–water partition coefficient (Wildman–Crippen LogP) is 1.33. The van der Waals surface area contributed by atoms with Crippen LogP contribution in [-0.2, 0) is 4.74 Å². The molecule has 50 valence electrons. The van der Waals surface area contributed by atoms with E-state index in [4.69, 9.17) is 10.00 Å². The Kier molecular flexibility index (Phi) is 2.53. The maximum absolute atomic E-state index is 8.33. The molecular formula is C7H11NO. The summed E-state index contributed by atoms with van der Waals surface area (Å²) in [5, 5.41) is 8.33. The van der Waals surface area contributed by atoms with Gasteiger partial charge in [0.15, 0.2) is 0 Å². The average molecular weight is 125 g/mol. The SMILES string of the molecule is N#CCC1CCOCC1. The largest absolute Gasteiger partial charge is 0.381 e. The van der Waals surface area contributed by atoms with Crippen molar-refractivity contribution in [1.29, 1.82) is 5.26 Å². The van der Waals surface area contributed by atoms with Crippen molar-refractivity contribution in [3.63, 3.8) is 0 Å². The summed E-state index contributed by atoms with van der Waals surface area (Å²) < 4.78 is 5.14. The standard InChI is InChI=1S/C7H11NO/c8-4-1-7-2-5-9-6-3-7/h7H,1-3,5-6H2. The molecule has 0 aliphatic carbocycles. The summed E-state index contributed by atoms with van der Waals surface area (Å²) in [6.45, 7) is 1.71. The first-order chi connectivity index (χ1) is 4.43. The van der Waals surface area contributed by atoms with Gasteiger partial charge in [0, 0.05) is 19.6 Å². The molecule has 1 heterocycles. The van der Waals surface area contributed by atoms with Crippen LogP contribution >= 0.6 is 0 Å². The van der Waals surface area contributed by atoms with Crippen LogP contribution in [-0.4, -0.2) is 13.2 Å². The lowest BCUT2D eigenvalue weighted by molar-refractivity contribution is 0.0677. The molecule has 0 aromatic rings. The minimum atomic E-state index is 0.615. The molecule has 0 saturated carbocycles. The van der Waals surface area contributed by atoms with Crippen LogP contribution in [0.3, 0.4) is 0 Å². The Morgan fingerprint density at radius 3 is 2.67 bits per heavy atom. The van der Waals surface area contributed by atoms with Gasteiger partial charge in [-0.25, -0.2) is 0 Å². The quantitative estimate of drug-likeness (QED) is 0.529. The molecule has 0 bridgehead atoms. The van der Waals surface area contributed by atoms with E-state index in [0.717, 1.165) is 26.1 Å². The molecule has 2 nitrogen and oxygen atoms in total. The van der Waals surface area contributed by atoms with E-state index in [-0.39, 0.29) is 0 Å². The van der Waals surface area contributed by atoms with Crippen LogP contribution in [0.4, 0.5) is 0 Å². The fourth-order valence-electron chi connectivity index (χ4n) is 1.08. The third kappa shape index (κ3) is 2.03. The number of rotatable bonds is 1. The Morgan fingerprint density at radius 1 is 1.44 bits per heavy atom. The van der Waals surface area contributed by atoms with Gasteiger partial charge in [0.05, 0.1) is 6.07 Å². The molecule has 1 aliphatic rings. The van der Waals surface area contributed by atoms with E-state index in [2.05, 4.69) is 6.07 Å². The molecule has 2 heteroatoms. The van der Waals surface area contributed by atoms with Crippen LogP contribution < -0.4 is 0 Å². The van der Waals surface area contributed by atoms with Crippen molar-refractivity contribution in [3.05, 3.63) is 0 Å². The lowest BCUT2D eigenvalue weighted by Gasteiger charge is -2.18. The average Bonchev–Trinajstić information content (AvgIpc) is 1.91. The first kappa shape index (κ1) is 6.57. The Bertz CT molecular complexity index is 111. The summed E-state index contributed by atoms with van der Waals surface area (Å²) in [5.41, 5.74) is 0. The van der Waals surface area contributed by atoms with Gasteiger partial charge in [-0.3, -0.25) is 0 Å². The number of hydrogen-bond donors (Lipinski definition) is 0. The van der Waals surface area contributed by atoms with Crippen LogP contribution in [0.2, 0.25) is 0 Å². The number of hydrogen-bond acceptors (Lipinski definition) is 2. The highest BCUT2D eigenvalue weighted by Crippen LogP contribution is 2.16. The van der Waals surface area contributed by atoms with E-state index in [9.17, 15) is 0 Å². The zero-order valence-corrected chi connectivity index (χ0v) is 5.47. The minimum absolute atomic E-state index is 0.615. The van der Waals surface area contributed by atoms with E-state index in [1.54, 1.807) is 0 Å². The topological polar surface area (TPSA) is 33.0 Å². The molecule has 0 spiro atoms. The van der Waals surface area contributed by atoms with Gasteiger partial charge in [-0.1, -0.05) is 0 Å². The lowest BCUT2D eigenvalue weighted by Crippen LogP contribution is -2.14. The van der Waals surface area contributed by atoms with Gasteiger partial charge in [-0.15, -0.1) is 0 Å². The summed E-state index contributed by atoms with van der Waals surface area (Å²) >= 11 is 0. The predicted molar refractivity (Wildman–Crippen MR) is 33.8 cm³/mol. The van der Waals surface area contributed by atoms with Crippen molar-refractivity contribution in [1.82, 2.24) is 0 Å². The number of nitriles is 1. The molecule has 1 rings (SSSR count). The van der Waals surface area contributed by atoms with Crippen molar-refractivity contribution in [2.75, 3.05) is 13.2 Å². The molecule has 0 N–H and O–H groups in total. The minimum Gasteiger partial charge on any atom is -0.381 e. The van der Waals surface area contributed by atoms with Crippen molar-refractivity contribution in [3.8, 4) is 6.07 Å². The second-order valence-electron chi connectivity index (χ2n) is 2.42. The zero-order chi connectivity index (χ0) is 6.53. The van der Waals surface area contributed by atoms with Gasteiger partial charge in [-0.2, -0.15) is 5.26 Å². The zero-order valence-electron chi connectivity index (χ0n) is 5.47. The summed E-state index contributed by atoms with van der Waals surface area (Å²) in [7, 11) is 0. The monoisotopic (exact) mass is 125 g/mol. The molecule has 1 saturated heterocycles. The fraction of sp³-hybridized carbons (Fsp3) is 0.857. The van der Waals surface area contributed by atoms with E-state index < -0.39 is 0 Å². The van der Waals surface area contributed by atoms with Crippen molar-refractivity contribution in [2.45, 2.75) is 19.3 Å². The summed E-state index contributed by atoms with van der Waals surface area (Å²) in [5.74, 6) is 0.615. The molecule has 0 radical (unpaired) electrons. The maximum Gasteiger partial charge on any atom is 0.0624 e.